The van der Waals surface area contributed by atoms with Gasteiger partial charge in [-0.15, -0.1) is 0 Å². The van der Waals surface area contributed by atoms with Crippen molar-refractivity contribution >= 4 is 32.6 Å². The van der Waals surface area contributed by atoms with Crippen LogP contribution in [-0.2, 0) is 0 Å². The molecule has 0 aliphatic carbocycles. The normalized spacial score (nSPS) is 11.5. The van der Waals surface area contributed by atoms with Crippen molar-refractivity contribution in [3.8, 4) is 27.9 Å². The van der Waals surface area contributed by atoms with Crippen molar-refractivity contribution in [2.45, 2.75) is 13.8 Å². The lowest BCUT2D eigenvalue weighted by Crippen LogP contribution is -1.95. The third-order valence-corrected chi connectivity index (χ3v) is 7.68. The molecule has 1 heteroatoms. The second kappa shape index (κ2) is 8.50. The molecule has 0 saturated carbocycles. The third kappa shape index (κ3) is 3.47. The van der Waals surface area contributed by atoms with Gasteiger partial charge < -0.3 is 4.57 Å². The molecule has 0 fully saturated rings. The molecule has 7 rings (SSSR count). The van der Waals surface area contributed by atoms with Crippen LogP contribution >= 0.6 is 0 Å². The molecule has 0 saturated heterocycles. The summed E-state index contributed by atoms with van der Waals surface area (Å²) in [5, 5.41) is 5.08. The maximum absolute atomic E-state index is 2.42. The fourth-order valence-electron chi connectivity index (χ4n) is 5.84. The molecule has 0 bridgehead atoms. The van der Waals surface area contributed by atoms with E-state index in [1.807, 2.05) is 0 Å². The van der Waals surface area contributed by atoms with Gasteiger partial charge in [-0.3, -0.25) is 0 Å². The van der Waals surface area contributed by atoms with Gasteiger partial charge in [-0.2, -0.15) is 0 Å². The first-order chi connectivity index (χ1) is 18.2. The van der Waals surface area contributed by atoms with Gasteiger partial charge in [0.2, 0.25) is 0 Å². The second-order valence-corrected chi connectivity index (χ2v) is 9.93. The standard InChI is InChI=1S/C36H27N/c1-24-10-3-5-13-29(24)30-20-18-27(22-25(30)2)28-19-21-36-33(23-28)32-15-7-8-16-35(32)37(36)34-17-9-12-26-11-4-6-14-31(26)34/h3-23H,1-2H3. The van der Waals surface area contributed by atoms with E-state index in [4.69, 9.17) is 0 Å². The Morgan fingerprint density at radius 1 is 0.432 bits per heavy atom. The molecule has 0 N–H and O–H groups in total. The lowest BCUT2D eigenvalue weighted by molar-refractivity contribution is 1.20. The minimum absolute atomic E-state index is 1.22. The van der Waals surface area contributed by atoms with E-state index in [0.29, 0.717) is 0 Å². The summed E-state index contributed by atoms with van der Waals surface area (Å²) in [7, 11) is 0. The Bertz CT molecular complexity index is 1950. The number of rotatable bonds is 3. The van der Waals surface area contributed by atoms with E-state index in [1.165, 1.54) is 71.6 Å². The van der Waals surface area contributed by atoms with Crippen LogP contribution in [0.3, 0.4) is 0 Å². The molecule has 0 atom stereocenters. The van der Waals surface area contributed by atoms with E-state index in [0.717, 1.165) is 0 Å². The first-order valence-corrected chi connectivity index (χ1v) is 12.9. The van der Waals surface area contributed by atoms with E-state index < -0.39 is 0 Å². The van der Waals surface area contributed by atoms with Gasteiger partial charge in [0.05, 0.1) is 16.7 Å². The number of nitrogens with zero attached hydrogens (tertiary/aromatic N) is 1. The van der Waals surface area contributed by atoms with E-state index in [9.17, 15) is 0 Å². The highest BCUT2D eigenvalue weighted by Gasteiger charge is 2.15. The first kappa shape index (κ1) is 21.6. The zero-order valence-corrected chi connectivity index (χ0v) is 21.1. The molecular formula is C36H27N. The smallest absolute Gasteiger partial charge is 0.0541 e. The van der Waals surface area contributed by atoms with Crippen LogP contribution in [0.15, 0.2) is 127 Å². The van der Waals surface area contributed by atoms with Gasteiger partial charge in [0.15, 0.2) is 0 Å². The highest BCUT2D eigenvalue weighted by Crippen LogP contribution is 2.37. The van der Waals surface area contributed by atoms with E-state index in [2.05, 4.69) is 146 Å². The minimum Gasteiger partial charge on any atom is -0.309 e. The van der Waals surface area contributed by atoms with Crippen LogP contribution < -0.4 is 0 Å². The molecule has 0 aliphatic heterocycles. The molecule has 6 aromatic carbocycles. The number of aryl methyl sites for hydroxylation is 2. The predicted octanol–water partition coefficient (Wildman–Crippen LogP) is 9.89. The van der Waals surface area contributed by atoms with Gasteiger partial charge in [0.1, 0.15) is 0 Å². The lowest BCUT2D eigenvalue weighted by atomic mass is 9.93. The molecule has 0 radical (unpaired) electrons. The molecule has 0 aliphatic rings. The van der Waals surface area contributed by atoms with Crippen LogP contribution in [0.4, 0.5) is 0 Å². The Labute approximate surface area is 217 Å². The highest BCUT2D eigenvalue weighted by molar-refractivity contribution is 6.11. The van der Waals surface area contributed by atoms with Gasteiger partial charge in [-0.1, -0.05) is 103 Å². The van der Waals surface area contributed by atoms with Crippen molar-refractivity contribution in [2.24, 2.45) is 0 Å². The second-order valence-electron chi connectivity index (χ2n) is 9.93. The maximum atomic E-state index is 2.42. The Balaban J connectivity index is 1.42. The van der Waals surface area contributed by atoms with E-state index in [-0.39, 0.29) is 0 Å². The number of fused-ring (bicyclic) bond motifs is 4. The summed E-state index contributed by atoms with van der Waals surface area (Å²) >= 11 is 0. The molecule has 37 heavy (non-hydrogen) atoms. The summed E-state index contributed by atoms with van der Waals surface area (Å²) in [6.45, 7) is 4.40. The van der Waals surface area contributed by atoms with Crippen molar-refractivity contribution in [1.29, 1.82) is 0 Å². The largest absolute Gasteiger partial charge is 0.309 e. The lowest BCUT2D eigenvalue weighted by Gasteiger charge is -2.13. The van der Waals surface area contributed by atoms with Gasteiger partial charge in [0.25, 0.3) is 0 Å². The van der Waals surface area contributed by atoms with Crippen molar-refractivity contribution < 1.29 is 0 Å². The summed E-state index contributed by atoms with van der Waals surface area (Å²) in [6, 6.07) is 46.4. The van der Waals surface area contributed by atoms with Crippen molar-refractivity contribution in [3.05, 3.63) is 139 Å². The molecular weight excluding hydrogens is 446 g/mol. The Morgan fingerprint density at radius 3 is 1.95 bits per heavy atom. The van der Waals surface area contributed by atoms with Gasteiger partial charge in [-0.25, -0.2) is 0 Å². The Kier molecular flexibility index (Phi) is 4.97. The van der Waals surface area contributed by atoms with Gasteiger partial charge in [-0.05, 0) is 76.9 Å². The van der Waals surface area contributed by atoms with Crippen LogP contribution in [0.2, 0.25) is 0 Å². The minimum atomic E-state index is 1.22. The summed E-state index contributed by atoms with van der Waals surface area (Å²) < 4.78 is 2.42. The van der Waals surface area contributed by atoms with Crippen LogP contribution in [-0.4, -0.2) is 4.57 Å². The number of aromatic nitrogens is 1. The Morgan fingerprint density at radius 2 is 1.08 bits per heavy atom. The number of para-hydroxylation sites is 1. The number of hydrogen-bond acceptors (Lipinski definition) is 0. The zero-order chi connectivity index (χ0) is 24.9. The molecule has 7 aromatic rings. The molecule has 1 aromatic heterocycles. The molecule has 0 spiro atoms. The van der Waals surface area contributed by atoms with Crippen LogP contribution in [0, 0.1) is 13.8 Å². The number of benzene rings is 6. The number of hydrogen-bond donors (Lipinski definition) is 0. The predicted molar refractivity (Wildman–Crippen MR) is 159 cm³/mol. The van der Waals surface area contributed by atoms with Crippen molar-refractivity contribution in [2.75, 3.05) is 0 Å². The summed E-state index contributed by atoms with van der Waals surface area (Å²) in [5.41, 5.74) is 11.4. The van der Waals surface area contributed by atoms with Crippen LogP contribution in [0.1, 0.15) is 11.1 Å². The zero-order valence-electron chi connectivity index (χ0n) is 21.1. The van der Waals surface area contributed by atoms with Crippen LogP contribution in [0.25, 0.3) is 60.5 Å². The molecule has 1 nitrogen and oxygen atoms in total. The SMILES string of the molecule is Cc1ccccc1-c1ccc(-c2ccc3c(c2)c2ccccc2n3-c2cccc3ccccc23)cc1C. The fourth-order valence-corrected chi connectivity index (χ4v) is 5.84. The maximum Gasteiger partial charge on any atom is 0.0541 e. The molecule has 1 heterocycles. The van der Waals surface area contributed by atoms with Gasteiger partial charge in [0, 0.05) is 16.2 Å². The highest BCUT2D eigenvalue weighted by atomic mass is 15.0. The molecule has 0 amide bonds. The topological polar surface area (TPSA) is 4.93 Å². The summed E-state index contributed by atoms with van der Waals surface area (Å²) in [6.07, 6.45) is 0. The average Bonchev–Trinajstić information content (AvgIpc) is 3.27. The van der Waals surface area contributed by atoms with E-state index in [1.54, 1.807) is 0 Å². The quantitative estimate of drug-likeness (QED) is 0.241. The van der Waals surface area contributed by atoms with Crippen LogP contribution in [0.5, 0.6) is 0 Å². The average molecular weight is 474 g/mol. The third-order valence-electron chi connectivity index (χ3n) is 7.68. The fraction of sp³-hybridized carbons (Fsp3) is 0.0556. The molecule has 176 valence electrons. The summed E-state index contributed by atoms with van der Waals surface area (Å²) in [5.74, 6) is 0. The molecule has 0 unspecified atom stereocenters. The van der Waals surface area contributed by atoms with E-state index >= 15 is 0 Å². The first-order valence-electron chi connectivity index (χ1n) is 12.9. The van der Waals surface area contributed by atoms with Crippen molar-refractivity contribution in [3.63, 3.8) is 0 Å². The summed E-state index contributed by atoms with van der Waals surface area (Å²) in [4.78, 5) is 0. The monoisotopic (exact) mass is 473 g/mol. The van der Waals surface area contributed by atoms with Crippen molar-refractivity contribution in [1.82, 2.24) is 4.57 Å². The van der Waals surface area contributed by atoms with Gasteiger partial charge >= 0.3 is 0 Å². The Hall–Kier alpha value is -4.62.